The third kappa shape index (κ3) is 3.22. The highest BCUT2D eigenvalue weighted by molar-refractivity contribution is 9.12. The molecule has 2 aromatic rings. The van der Waals surface area contributed by atoms with Gasteiger partial charge in [0.2, 0.25) is 0 Å². The minimum absolute atomic E-state index is 0.0377. The van der Waals surface area contributed by atoms with E-state index in [0.717, 1.165) is 28.4 Å². The van der Waals surface area contributed by atoms with Crippen LogP contribution in [0.4, 0.5) is 5.69 Å². The zero-order valence-corrected chi connectivity index (χ0v) is 17.5. The van der Waals surface area contributed by atoms with Crippen LogP contribution in [0.15, 0.2) is 63.7 Å². The van der Waals surface area contributed by atoms with Crippen molar-refractivity contribution in [3.63, 3.8) is 0 Å². The molecule has 1 aromatic heterocycles. The van der Waals surface area contributed by atoms with Gasteiger partial charge < -0.3 is 0 Å². The number of allylic oxidation sites excluding steroid dienone is 3. The SMILES string of the molecule is CC(C)(C)c1cccc(CC2C=C(Br)C([N+](=O)[O-])=C3C2=Nc2ccccc23)n1. The van der Waals surface area contributed by atoms with Crippen LogP contribution in [-0.4, -0.2) is 15.6 Å². The Morgan fingerprint density at radius 3 is 2.61 bits per heavy atom. The average molecular weight is 438 g/mol. The van der Waals surface area contributed by atoms with Gasteiger partial charge in [0.15, 0.2) is 0 Å². The van der Waals surface area contributed by atoms with Gasteiger partial charge >= 0.3 is 0 Å². The summed E-state index contributed by atoms with van der Waals surface area (Å²) in [5, 5.41) is 11.7. The average Bonchev–Trinajstić information content (AvgIpc) is 3.01. The van der Waals surface area contributed by atoms with Gasteiger partial charge in [-0.15, -0.1) is 0 Å². The minimum atomic E-state index is -0.331. The molecule has 4 rings (SSSR count). The number of rotatable bonds is 3. The molecule has 0 radical (unpaired) electrons. The number of nitro groups is 1. The van der Waals surface area contributed by atoms with E-state index in [1.54, 1.807) is 0 Å². The second-order valence-corrected chi connectivity index (χ2v) is 8.94. The Labute approximate surface area is 172 Å². The van der Waals surface area contributed by atoms with Crippen LogP contribution < -0.4 is 0 Å². The number of halogens is 1. The lowest BCUT2D eigenvalue weighted by atomic mass is 9.84. The van der Waals surface area contributed by atoms with Crippen LogP contribution in [0.5, 0.6) is 0 Å². The number of benzene rings is 1. The fourth-order valence-corrected chi connectivity index (χ4v) is 4.31. The summed E-state index contributed by atoms with van der Waals surface area (Å²) in [6.07, 6.45) is 2.53. The second-order valence-electron chi connectivity index (χ2n) is 8.08. The van der Waals surface area contributed by atoms with E-state index in [2.05, 4.69) is 36.7 Å². The number of aromatic nitrogens is 1. The van der Waals surface area contributed by atoms with Crippen molar-refractivity contribution >= 4 is 32.9 Å². The molecule has 0 bridgehead atoms. The molecule has 1 aliphatic carbocycles. The molecular weight excluding hydrogens is 418 g/mol. The topological polar surface area (TPSA) is 68.4 Å². The third-order valence-electron chi connectivity index (χ3n) is 5.02. The van der Waals surface area contributed by atoms with E-state index in [9.17, 15) is 10.1 Å². The van der Waals surface area contributed by atoms with E-state index in [4.69, 9.17) is 9.98 Å². The normalized spacial score (nSPS) is 18.4. The summed E-state index contributed by atoms with van der Waals surface area (Å²) >= 11 is 3.43. The maximum Gasteiger partial charge on any atom is 0.292 e. The lowest BCUT2D eigenvalue weighted by Crippen LogP contribution is -2.23. The molecule has 0 N–H and O–H groups in total. The van der Waals surface area contributed by atoms with Gasteiger partial charge in [0.25, 0.3) is 5.70 Å². The van der Waals surface area contributed by atoms with Crippen molar-refractivity contribution in [1.29, 1.82) is 0 Å². The summed E-state index contributed by atoms with van der Waals surface area (Å²) in [6, 6.07) is 13.6. The maximum absolute atomic E-state index is 11.7. The predicted octanol–water partition coefficient (Wildman–Crippen LogP) is 5.60. The summed E-state index contributed by atoms with van der Waals surface area (Å²) in [4.78, 5) is 21.0. The molecule has 2 heterocycles. The van der Waals surface area contributed by atoms with E-state index in [1.807, 2.05) is 48.5 Å². The van der Waals surface area contributed by atoms with E-state index in [0.29, 0.717) is 16.5 Å². The van der Waals surface area contributed by atoms with Crippen LogP contribution in [0.2, 0.25) is 0 Å². The van der Waals surface area contributed by atoms with E-state index in [1.165, 1.54) is 0 Å². The van der Waals surface area contributed by atoms with Gasteiger partial charge in [-0.3, -0.25) is 20.1 Å². The van der Waals surface area contributed by atoms with Gasteiger partial charge in [-0.05, 0) is 34.1 Å². The standard InChI is InChI=1S/C22H20BrN3O2/c1-22(2,3)18-10-6-7-14(24-18)11-13-12-16(23)21(26(27)28)19-15-8-4-5-9-17(15)25-20(13)19/h4-10,12-13H,11H2,1-3H3. The Morgan fingerprint density at radius 2 is 1.89 bits per heavy atom. The molecule has 0 amide bonds. The molecule has 0 saturated heterocycles. The van der Waals surface area contributed by atoms with Crippen molar-refractivity contribution < 1.29 is 4.92 Å². The molecule has 142 valence electrons. The largest absolute Gasteiger partial charge is 0.292 e. The first-order valence-corrected chi connectivity index (χ1v) is 9.96. The van der Waals surface area contributed by atoms with Crippen LogP contribution >= 0.6 is 15.9 Å². The van der Waals surface area contributed by atoms with E-state index >= 15 is 0 Å². The van der Waals surface area contributed by atoms with Crippen molar-refractivity contribution in [3.8, 4) is 0 Å². The molecule has 0 spiro atoms. The highest BCUT2D eigenvalue weighted by Gasteiger charge is 2.39. The van der Waals surface area contributed by atoms with Gasteiger partial charge in [0.05, 0.1) is 26.4 Å². The Hall–Kier alpha value is -2.60. The van der Waals surface area contributed by atoms with Crippen molar-refractivity contribution in [2.75, 3.05) is 0 Å². The molecular formula is C22H20BrN3O2. The number of nitrogens with zero attached hydrogens (tertiary/aromatic N) is 3. The Bertz CT molecular complexity index is 1080. The molecule has 5 nitrogen and oxygen atoms in total. The number of aliphatic imine (C=N–C) groups is 1. The minimum Gasteiger partial charge on any atom is -0.258 e. The first-order chi connectivity index (χ1) is 13.3. The fourth-order valence-electron chi connectivity index (χ4n) is 3.65. The van der Waals surface area contributed by atoms with Crippen LogP contribution in [0.3, 0.4) is 0 Å². The van der Waals surface area contributed by atoms with Gasteiger partial charge in [-0.25, -0.2) is 0 Å². The van der Waals surface area contributed by atoms with Crippen molar-refractivity contribution in [3.05, 3.63) is 85.8 Å². The highest BCUT2D eigenvalue weighted by Crippen LogP contribution is 2.45. The monoisotopic (exact) mass is 437 g/mol. The number of fused-ring (bicyclic) bond motifs is 3. The molecule has 28 heavy (non-hydrogen) atoms. The summed E-state index contributed by atoms with van der Waals surface area (Å²) in [6.45, 7) is 6.41. The van der Waals surface area contributed by atoms with Gasteiger partial charge in [0.1, 0.15) is 0 Å². The summed E-state index contributed by atoms with van der Waals surface area (Å²) in [5.74, 6) is -0.0804. The van der Waals surface area contributed by atoms with Crippen LogP contribution in [0, 0.1) is 16.0 Å². The van der Waals surface area contributed by atoms with Crippen molar-refractivity contribution in [2.45, 2.75) is 32.6 Å². The lowest BCUT2D eigenvalue weighted by molar-refractivity contribution is -0.418. The number of hydrogen-bond acceptors (Lipinski definition) is 4. The lowest BCUT2D eigenvalue weighted by Gasteiger charge is -2.22. The van der Waals surface area contributed by atoms with E-state index in [-0.39, 0.29) is 22.0 Å². The predicted molar refractivity (Wildman–Crippen MR) is 115 cm³/mol. The Kier molecular flexibility index (Phi) is 4.54. The summed E-state index contributed by atoms with van der Waals surface area (Å²) in [7, 11) is 0. The maximum atomic E-state index is 11.7. The second kappa shape index (κ2) is 6.78. The van der Waals surface area contributed by atoms with Gasteiger partial charge in [-0.2, -0.15) is 0 Å². The molecule has 2 aliphatic rings. The van der Waals surface area contributed by atoms with Crippen LogP contribution in [-0.2, 0) is 11.8 Å². The highest BCUT2D eigenvalue weighted by atomic mass is 79.9. The quantitative estimate of drug-likeness (QED) is 0.463. The smallest absolute Gasteiger partial charge is 0.258 e. The van der Waals surface area contributed by atoms with Gasteiger partial charge in [-0.1, -0.05) is 51.1 Å². The van der Waals surface area contributed by atoms with Gasteiger partial charge in [0, 0.05) is 34.7 Å². The molecule has 1 aliphatic heterocycles. The number of para-hydroxylation sites is 1. The number of pyridine rings is 1. The van der Waals surface area contributed by atoms with E-state index < -0.39 is 0 Å². The summed E-state index contributed by atoms with van der Waals surface area (Å²) in [5.41, 5.74) is 4.99. The molecule has 0 fully saturated rings. The van der Waals surface area contributed by atoms with Crippen LogP contribution in [0.25, 0.3) is 5.57 Å². The Balaban J connectivity index is 1.77. The zero-order valence-electron chi connectivity index (χ0n) is 15.9. The van der Waals surface area contributed by atoms with Crippen molar-refractivity contribution in [2.24, 2.45) is 10.9 Å². The Morgan fingerprint density at radius 1 is 1.14 bits per heavy atom. The third-order valence-corrected chi connectivity index (χ3v) is 5.66. The molecule has 1 aromatic carbocycles. The molecule has 1 atom stereocenters. The molecule has 6 heteroatoms. The fraction of sp³-hybridized carbons (Fsp3) is 0.273. The first-order valence-electron chi connectivity index (χ1n) is 9.17. The number of hydrogen-bond donors (Lipinski definition) is 0. The molecule has 0 saturated carbocycles. The first kappa shape index (κ1) is 18.7. The summed E-state index contributed by atoms with van der Waals surface area (Å²) < 4.78 is 0.500. The van der Waals surface area contributed by atoms with Crippen LogP contribution in [0.1, 0.15) is 37.7 Å². The van der Waals surface area contributed by atoms with Crippen molar-refractivity contribution in [1.82, 2.24) is 4.98 Å². The molecule has 1 unspecified atom stereocenters. The zero-order chi connectivity index (χ0) is 20.1.